The average molecular weight is 267 g/mol. The van der Waals surface area contributed by atoms with Gasteiger partial charge in [-0.2, -0.15) is 5.10 Å². The molecule has 1 aromatic rings. The zero-order valence-corrected chi connectivity index (χ0v) is 11.0. The number of carbonyl (C=O) groups is 1. The first-order valence-electron chi connectivity index (χ1n) is 5.45. The van der Waals surface area contributed by atoms with Crippen LogP contribution in [0.25, 0.3) is 0 Å². The molecule has 7 heteroatoms. The summed E-state index contributed by atoms with van der Waals surface area (Å²) in [7, 11) is 4.51. The molecule has 0 heterocycles. The highest BCUT2D eigenvalue weighted by Gasteiger charge is 2.17. The van der Waals surface area contributed by atoms with Gasteiger partial charge < -0.3 is 19.9 Å². The Hall–Kier alpha value is -2.12. The number of nitrogens with two attached hydrogens (primary N) is 1. The number of carbonyl (C=O) groups excluding carboxylic acids is 1. The van der Waals surface area contributed by atoms with E-state index in [9.17, 15) is 4.79 Å². The van der Waals surface area contributed by atoms with E-state index in [2.05, 4.69) is 10.5 Å². The van der Waals surface area contributed by atoms with Crippen molar-refractivity contribution in [3.05, 3.63) is 29.8 Å². The van der Waals surface area contributed by atoms with Gasteiger partial charge in [-0.25, -0.2) is 10.2 Å². The second-order valence-corrected chi connectivity index (χ2v) is 3.50. The van der Waals surface area contributed by atoms with Crippen molar-refractivity contribution in [3.8, 4) is 5.75 Å². The second-order valence-electron chi connectivity index (χ2n) is 3.50. The van der Waals surface area contributed by atoms with E-state index < -0.39 is 12.3 Å². The standard InChI is InChI=1S/C12H17N3O4/c1-17-9-6-4-8(5-7-9)10(11(18-2)19-3)14-15-12(13)16/h4-7,11H,1-3H3,(H3,13,15,16)/b14-10+. The van der Waals surface area contributed by atoms with Crippen LogP contribution in [-0.4, -0.2) is 39.4 Å². The first kappa shape index (κ1) is 14.9. The van der Waals surface area contributed by atoms with Gasteiger partial charge in [0.2, 0.25) is 6.29 Å². The fourth-order valence-corrected chi connectivity index (χ4v) is 1.45. The van der Waals surface area contributed by atoms with Gasteiger partial charge in [-0.15, -0.1) is 0 Å². The van der Waals surface area contributed by atoms with Crippen LogP contribution in [0.1, 0.15) is 5.56 Å². The van der Waals surface area contributed by atoms with Crippen molar-refractivity contribution in [1.29, 1.82) is 0 Å². The first-order valence-corrected chi connectivity index (χ1v) is 5.45. The van der Waals surface area contributed by atoms with Crippen LogP contribution in [-0.2, 0) is 9.47 Å². The normalized spacial score (nSPS) is 11.5. The Labute approximate surface area is 111 Å². The molecule has 0 aliphatic rings. The summed E-state index contributed by atoms with van der Waals surface area (Å²) in [6.45, 7) is 0. The minimum Gasteiger partial charge on any atom is -0.497 e. The third kappa shape index (κ3) is 4.23. The molecule has 0 bridgehead atoms. The summed E-state index contributed by atoms with van der Waals surface area (Å²) >= 11 is 0. The van der Waals surface area contributed by atoms with Crippen molar-refractivity contribution in [3.63, 3.8) is 0 Å². The SMILES string of the molecule is COc1ccc(/C(=N\NC(N)=O)C(OC)OC)cc1. The molecule has 0 fully saturated rings. The molecule has 19 heavy (non-hydrogen) atoms. The van der Waals surface area contributed by atoms with Crippen LogP contribution in [0.5, 0.6) is 5.75 Å². The van der Waals surface area contributed by atoms with Crippen LogP contribution in [0.2, 0.25) is 0 Å². The predicted molar refractivity (Wildman–Crippen MR) is 70.1 cm³/mol. The van der Waals surface area contributed by atoms with Gasteiger partial charge in [-0.05, 0) is 24.3 Å². The molecule has 0 aromatic heterocycles. The molecule has 3 N–H and O–H groups in total. The number of hydrogen-bond acceptors (Lipinski definition) is 5. The zero-order valence-electron chi connectivity index (χ0n) is 11.0. The molecule has 1 aromatic carbocycles. The number of hydrazone groups is 1. The molecular weight excluding hydrogens is 250 g/mol. The Kier molecular flexibility index (Phi) is 5.77. The van der Waals surface area contributed by atoms with E-state index in [0.717, 1.165) is 0 Å². The summed E-state index contributed by atoms with van der Waals surface area (Å²) in [5.74, 6) is 0.706. The van der Waals surface area contributed by atoms with Crippen LogP contribution in [0.4, 0.5) is 4.79 Å². The molecule has 0 spiro atoms. The minimum atomic E-state index is -0.767. The van der Waals surface area contributed by atoms with Crippen LogP contribution in [0, 0.1) is 0 Å². The molecule has 7 nitrogen and oxygen atoms in total. The lowest BCUT2D eigenvalue weighted by Crippen LogP contribution is -2.32. The van der Waals surface area contributed by atoms with Crippen molar-refractivity contribution >= 4 is 11.7 Å². The molecule has 0 unspecified atom stereocenters. The van der Waals surface area contributed by atoms with Gasteiger partial charge in [0.05, 0.1) is 7.11 Å². The lowest BCUT2D eigenvalue weighted by molar-refractivity contribution is -0.0517. The van der Waals surface area contributed by atoms with Gasteiger partial charge in [0.1, 0.15) is 11.5 Å². The highest BCUT2D eigenvalue weighted by molar-refractivity contribution is 6.03. The van der Waals surface area contributed by atoms with E-state index in [0.29, 0.717) is 17.0 Å². The molecule has 1 rings (SSSR count). The molecule has 0 aliphatic heterocycles. The number of methoxy groups -OCH3 is 3. The Morgan fingerprint density at radius 1 is 1.21 bits per heavy atom. The highest BCUT2D eigenvalue weighted by atomic mass is 16.7. The Balaban J connectivity index is 3.06. The maximum Gasteiger partial charge on any atom is 0.332 e. The van der Waals surface area contributed by atoms with E-state index in [1.54, 1.807) is 31.4 Å². The van der Waals surface area contributed by atoms with E-state index >= 15 is 0 Å². The molecule has 0 saturated heterocycles. The number of rotatable bonds is 6. The van der Waals surface area contributed by atoms with Crippen molar-refractivity contribution in [2.75, 3.05) is 21.3 Å². The number of nitrogens with one attached hydrogen (secondary N) is 1. The number of primary amides is 1. The average Bonchev–Trinajstić information content (AvgIpc) is 2.43. The molecule has 0 aliphatic carbocycles. The van der Waals surface area contributed by atoms with Crippen molar-refractivity contribution < 1.29 is 19.0 Å². The van der Waals surface area contributed by atoms with Gasteiger partial charge in [0, 0.05) is 19.8 Å². The van der Waals surface area contributed by atoms with E-state index in [1.807, 2.05) is 0 Å². The minimum absolute atomic E-state index is 0.395. The molecular formula is C12H17N3O4. The fourth-order valence-electron chi connectivity index (χ4n) is 1.45. The van der Waals surface area contributed by atoms with E-state index in [1.165, 1.54) is 14.2 Å². The first-order chi connectivity index (χ1) is 9.12. The van der Waals surface area contributed by atoms with Gasteiger partial charge in [0.15, 0.2) is 0 Å². The molecule has 0 radical (unpaired) electrons. The third-order valence-corrected chi connectivity index (χ3v) is 2.32. The Bertz CT molecular complexity index is 441. The molecule has 0 saturated carbocycles. The monoisotopic (exact) mass is 267 g/mol. The summed E-state index contributed by atoms with van der Waals surface area (Å²) in [5, 5.41) is 3.89. The van der Waals surface area contributed by atoms with Gasteiger partial charge >= 0.3 is 6.03 Å². The number of hydrogen-bond donors (Lipinski definition) is 2. The quantitative estimate of drug-likeness (QED) is 0.450. The maximum absolute atomic E-state index is 10.7. The van der Waals surface area contributed by atoms with Gasteiger partial charge in [-0.1, -0.05) is 0 Å². The number of amides is 2. The topological polar surface area (TPSA) is 95.2 Å². The summed E-state index contributed by atoms with van der Waals surface area (Å²) in [6, 6.07) is 6.29. The third-order valence-electron chi connectivity index (χ3n) is 2.32. The van der Waals surface area contributed by atoms with Crippen LogP contribution < -0.4 is 15.9 Å². The molecule has 0 atom stereocenters. The largest absolute Gasteiger partial charge is 0.497 e. The fraction of sp³-hybridized carbons (Fsp3) is 0.333. The Morgan fingerprint density at radius 2 is 1.79 bits per heavy atom. The smallest absolute Gasteiger partial charge is 0.332 e. The summed E-state index contributed by atoms with van der Waals surface area (Å²) in [4.78, 5) is 10.7. The number of urea groups is 1. The maximum atomic E-state index is 10.7. The number of ether oxygens (including phenoxy) is 3. The number of nitrogens with zero attached hydrogens (tertiary/aromatic N) is 1. The Morgan fingerprint density at radius 3 is 2.21 bits per heavy atom. The lowest BCUT2D eigenvalue weighted by Gasteiger charge is -2.16. The summed E-state index contributed by atoms with van der Waals surface area (Å²) in [6.07, 6.45) is -0.722. The molecule has 2 amide bonds. The predicted octanol–water partition coefficient (Wildman–Crippen LogP) is 0.686. The summed E-state index contributed by atoms with van der Waals surface area (Å²) < 4.78 is 15.3. The van der Waals surface area contributed by atoms with E-state index in [-0.39, 0.29) is 0 Å². The van der Waals surface area contributed by atoms with Crippen molar-refractivity contribution in [1.82, 2.24) is 5.43 Å². The van der Waals surface area contributed by atoms with E-state index in [4.69, 9.17) is 19.9 Å². The van der Waals surface area contributed by atoms with Crippen molar-refractivity contribution in [2.24, 2.45) is 10.8 Å². The number of benzene rings is 1. The molecule has 104 valence electrons. The highest BCUT2D eigenvalue weighted by Crippen LogP contribution is 2.14. The second kappa shape index (κ2) is 7.34. The van der Waals surface area contributed by atoms with Crippen LogP contribution in [0.15, 0.2) is 29.4 Å². The van der Waals surface area contributed by atoms with Crippen molar-refractivity contribution in [2.45, 2.75) is 6.29 Å². The van der Waals surface area contributed by atoms with Gasteiger partial charge in [0.25, 0.3) is 0 Å². The summed E-state index contributed by atoms with van der Waals surface area (Å²) in [5.41, 5.74) is 8.25. The zero-order chi connectivity index (χ0) is 14.3. The lowest BCUT2D eigenvalue weighted by atomic mass is 10.1. The van der Waals surface area contributed by atoms with Crippen LogP contribution in [0.3, 0.4) is 0 Å². The van der Waals surface area contributed by atoms with Gasteiger partial charge in [-0.3, -0.25) is 0 Å². The van der Waals surface area contributed by atoms with Crippen LogP contribution >= 0.6 is 0 Å².